The van der Waals surface area contributed by atoms with Crippen molar-refractivity contribution in [2.75, 3.05) is 0 Å². The summed E-state index contributed by atoms with van der Waals surface area (Å²) in [5.41, 5.74) is 1.32. The van der Waals surface area contributed by atoms with E-state index in [1.54, 1.807) is 31.2 Å². The van der Waals surface area contributed by atoms with E-state index in [2.05, 4.69) is 14.7 Å². The Bertz CT molecular complexity index is 757. The molecule has 0 amide bonds. The van der Waals surface area contributed by atoms with Gasteiger partial charge < -0.3 is 4.98 Å². The van der Waals surface area contributed by atoms with Crippen LogP contribution in [0, 0.1) is 11.3 Å². The van der Waals surface area contributed by atoms with Crippen molar-refractivity contribution >= 4 is 10.0 Å². The second kappa shape index (κ2) is 6.08. The van der Waals surface area contributed by atoms with Crippen molar-refractivity contribution in [1.29, 1.82) is 5.26 Å². The van der Waals surface area contributed by atoms with Crippen molar-refractivity contribution in [3.63, 3.8) is 0 Å². The fourth-order valence-electron chi connectivity index (χ4n) is 1.87. The molecule has 7 heteroatoms. The largest absolute Gasteiger partial charge is 0.332 e. The zero-order valence-corrected chi connectivity index (χ0v) is 12.6. The first-order valence-corrected chi connectivity index (χ1v) is 8.01. The molecule has 1 atom stereocenters. The van der Waals surface area contributed by atoms with Gasteiger partial charge >= 0.3 is 0 Å². The van der Waals surface area contributed by atoms with E-state index in [1.807, 2.05) is 13.0 Å². The van der Waals surface area contributed by atoms with Crippen LogP contribution in [0.3, 0.4) is 0 Å². The van der Waals surface area contributed by atoms with Crippen LogP contribution in [-0.4, -0.2) is 18.4 Å². The summed E-state index contributed by atoms with van der Waals surface area (Å²) in [6, 6.07) is 8.40. The van der Waals surface area contributed by atoms with Crippen LogP contribution in [0.1, 0.15) is 36.8 Å². The smallest absolute Gasteiger partial charge is 0.258 e. The Morgan fingerprint density at radius 3 is 2.57 bits per heavy atom. The maximum Gasteiger partial charge on any atom is 0.258 e. The van der Waals surface area contributed by atoms with E-state index < -0.39 is 16.1 Å². The fraction of sp³-hybridized carbons (Fsp3) is 0.286. The van der Waals surface area contributed by atoms with Crippen LogP contribution in [0.5, 0.6) is 0 Å². The predicted octanol–water partition coefficient (Wildman–Crippen LogP) is 1.88. The summed E-state index contributed by atoms with van der Waals surface area (Å²) in [4.78, 5) is 6.77. The number of hydrogen-bond donors (Lipinski definition) is 2. The minimum Gasteiger partial charge on any atom is -0.332 e. The summed E-state index contributed by atoms with van der Waals surface area (Å²) in [5.74, 6) is 0.626. The van der Waals surface area contributed by atoms with E-state index in [4.69, 9.17) is 5.26 Å². The third kappa shape index (κ3) is 3.48. The van der Waals surface area contributed by atoms with Crippen LogP contribution in [0.2, 0.25) is 0 Å². The maximum atomic E-state index is 12.2. The fourth-order valence-corrected chi connectivity index (χ4v) is 3.04. The van der Waals surface area contributed by atoms with Gasteiger partial charge in [-0.15, -0.1) is 0 Å². The monoisotopic (exact) mass is 304 g/mol. The van der Waals surface area contributed by atoms with Gasteiger partial charge in [-0.2, -0.15) is 5.26 Å². The average molecular weight is 304 g/mol. The second-order valence-corrected chi connectivity index (χ2v) is 6.31. The first kappa shape index (κ1) is 15.2. The highest BCUT2D eigenvalue weighted by atomic mass is 32.2. The Morgan fingerprint density at radius 1 is 1.38 bits per heavy atom. The molecule has 2 rings (SSSR count). The molecule has 1 unspecified atom stereocenters. The third-order valence-corrected chi connectivity index (χ3v) is 4.55. The standard InChI is InChI=1S/C14H16N4O2S/c1-3-13-16-9-14(17-13)21(19,20)18-10(2)12-6-4-11(8-15)5-7-12/h4-7,9-10,18H,3H2,1-2H3,(H,16,17). The normalized spacial score (nSPS) is 12.8. The molecule has 0 saturated carbocycles. The summed E-state index contributed by atoms with van der Waals surface area (Å²) in [6.07, 6.45) is 1.95. The highest BCUT2D eigenvalue weighted by Crippen LogP contribution is 2.16. The first-order chi connectivity index (χ1) is 9.96. The van der Waals surface area contributed by atoms with Crippen molar-refractivity contribution in [2.45, 2.75) is 31.3 Å². The van der Waals surface area contributed by atoms with Gasteiger partial charge in [-0.1, -0.05) is 19.1 Å². The molecule has 1 heterocycles. The van der Waals surface area contributed by atoms with E-state index in [0.29, 0.717) is 17.8 Å². The van der Waals surface area contributed by atoms with Crippen molar-refractivity contribution in [1.82, 2.24) is 14.7 Å². The zero-order chi connectivity index (χ0) is 15.5. The number of nitrogens with zero attached hydrogens (tertiary/aromatic N) is 2. The van der Waals surface area contributed by atoms with Crippen LogP contribution >= 0.6 is 0 Å². The van der Waals surface area contributed by atoms with Crippen LogP contribution in [0.25, 0.3) is 0 Å². The Morgan fingerprint density at radius 2 is 2.05 bits per heavy atom. The topological polar surface area (TPSA) is 98.6 Å². The summed E-state index contributed by atoms with van der Waals surface area (Å²) >= 11 is 0. The molecule has 0 aliphatic rings. The third-order valence-electron chi connectivity index (χ3n) is 3.10. The minimum absolute atomic E-state index is 0.0554. The summed E-state index contributed by atoms with van der Waals surface area (Å²) in [6.45, 7) is 3.64. The second-order valence-electron chi connectivity index (χ2n) is 4.62. The van der Waals surface area contributed by atoms with Gasteiger partial charge in [0.25, 0.3) is 10.0 Å². The van der Waals surface area contributed by atoms with Gasteiger partial charge in [-0.25, -0.2) is 18.1 Å². The summed E-state index contributed by atoms with van der Waals surface area (Å²) in [5, 5.41) is 8.81. The molecule has 2 N–H and O–H groups in total. The summed E-state index contributed by atoms with van der Waals surface area (Å²) in [7, 11) is -3.65. The van der Waals surface area contributed by atoms with Crippen LogP contribution in [0.4, 0.5) is 0 Å². The maximum absolute atomic E-state index is 12.2. The molecular formula is C14H16N4O2S. The number of nitriles is 1. The number of imidazole rings is 1. The zero-order valence-electron chi connectivity index (χ0n) is 11.8. The minimum atomic E-state index is -3.65. The SMILES string of the molecule is CCc1ncc(S(=O)(=O)NC(C)c2ccc(C#N)cc2)[nH]1. The molecule has 0 spiro atoms. The molecule has 1 aromatic carbocycles. The lowest BCUT2D eigenvalue weighted by Crippen LogP contribution is -2.27. The molecule has 21 heavy (non-hydrogen) atoms. The average Bonchev–Trinajstić information content (AvgIpc) is 2.96. The Labute approximate surface area is 123 Å². The van der Waals surface area contributed by atoms with Gasteiger partial charge in [-0.3, -0.25) is 0 Å². The number of sulfonamides is 1. The van der Waals surface area contributed by atoms with Gasteiger partial charge in [-0.05, 0) is 24.6 Å². The number of nitrogens with one attached hydrogen (secondary N) is 2. The quantitative estimate of drug-likeness (QED) is 0.881. The van der Waals surface area contributed by atoms with Crippen molar-refractivity contribution < 1.29 is 8.42 Å². The van der Waals surface area contributed by atoms with Crippen LogP contribution in [-0.2, 0) is 16.4 Å². The molecule has 1 aromatic heterocycles. The predicted molar refractivity (Wildman–Crippen MR) is 77.9 cm³/mol. The summed E-state index contributed by atoms with van der Waals surface area (Å²) < 4.78 is 27.0. The number of aromatic amines is 1. The molecule has 0 fully saturated rings. The van der Waals surface area contributed by atoms with Gasteiger partial charge in [0.15, 0.2) is 5.03 Å². The molecule has 0 aliphatic carbocycles. The van der Waals surface area contributed by atoms with Gasteiger partial charge in [0.1, 0.15) is 5.82 Å². The number of benzene rings is 1. The molecule has 0 bridgehead atoms. The number of H-pyrrole nitrogens is 1. The number of aromatic nitrogens is 2. The Hall–Kier alpha value is -2.17. The number of aryl methyl sites for hydroxylation is 1. The molecule has 2 aromatic rings. The van der Waals surface area contributed by atoms with E-state index in [1.165, 1.54) is 6.20 Å². The molecule has 0 radical (unpaired) electrons. The van der Waals surface area contributed by atoms with Gasteiger partial charge in [0.05, 0.1) is 17.8 Å². The lowest BCUT2D eigenvalue weighted by atomic mass is 10.1. The van der Waals surface area contributed by atoms with E-state index in [-0.39, 0.29) is 5.03 Å². The number of rotatable bonds is 5. The Balaban J connectivity index is 2.17. The van der Waals surface area contributed by atoms with E-state index >= 15 is 0 Å². The molecule has 0 aliphatic heterocycles. The van der Waals surface area contributed by atoms with Crippen molar-refractivity contribution in [3.8, 4) is 6.07 Å². The van der Waals surface area contributed by atoms with Crippen LogP contribution in [0.15, 0.2) is 35.5 Å². The lowest BCUT2D eigenvalue weighted by molar-refractivity contribution is 0.563. The highest BCUT2D eigenvalue weighted by Gasteiger charge is 2.20. The van der Waals surface area contributed by atoms with Crippen LogP contribution < -0.4 is 4.72 Å². The van der Waals surface area contributed by atoms with Gasteiger partial charge in [0.2, 0.25) is 0 Å². The molecular weight excluding hydrogens is 288 g/mol. The van der Waals surface area contributed by atoms with E-state index in [9.17, 15) is 8.42 Å². The highest BCUT2D eigenvalue weighted by molar-refractivity contribution is 7.89. The van der Waals surface area contributed by atoms with Crippen molar-refractivity contribution in [3.05, 3.63) is 47.4 Å². The first-order valence-electron chi connectivity index (χ1n) is 6.52. The molecule has 110 valence electrons. The number of hydrogen-bond acceptors (Lipinski definition) is 4. The molecule has 6 nitrogen and oxygen atoms in total. The van der Waals surface area contributed by atoms with Crippen molar-refractivity contribution in [2.24, 2.45) is 0 Å². The Kier molecular flexibility index (Phi) is 4.40. The van der Waals surface area contributed by atoms with E-state index in [0.717, 1.165) is 5.56 Å². The lowest BCUT2D eigenvalue weighted by Gasteiger charge is -2.13. The molecule has 0 saturated heterocycles. The van der Waals surface area contributed by atoms with Gasteiger partial charge in [0, 0.05) is 12.5 Å².